The standard InChI is InChI=1S/C22H26O4/c1-12-5-4-8-22(10-12)11-18(23)17-9-16-14-6-3-7-15(14)21(24)25-19(16)13(2)20(17)26-22/h9,12,18,23H,3-8,10-11H2,1-2H3/t12-,18+,22-/m0/s1. The minimum atomic E-state index is -0.517. The van der Waals surface area contributed by atoms with Crippen LogP contribution >= 0.6 is 0 Å². The first-order valence-electron chi connectivity index (χ1n) is 9.96. The smallest absolute Gasteiger partial charge is 0.339 e. The van der Waals surface area contributed by atoms with E-state index in [1.54, 1.807) is 0 Å². The van der Waals surface area contributed by atoms with Gasteiger partial charge in [0.25, 0.3) is 0 Å². The molecule has 26 heavy (non-hydrogen) atoms. The van der Waals surface area contributed by atoms with Crippen LogP contribution < -0.4 is 10.4 Å². The minimum Gasteiger partial charge on any atom is -0.486 e. The van der Waals surface area contributed by atoms with E-state index in [2.05, 4.69) is 6.92 Å². The first-order valence-corrected chi connectivity index (χ1v) is 9.96. The summed E-state index contributed by atoms with van der Waals surface area (Å²) in [6, 6.07) is 2.02. The molecular weight excluding hydrogens is 328 g/mol. The van der Waals surface area contributed by atoms with Gasteiger partial charge in [-0.25, -0.2) is 4.79 Å². The van der Waals surface area contributed by atoms with Crippen molar-refractivity contribution in [1.82, 2.24) is 0 Å². The topological polar surface area (TPSA) is 59.7 Å². The zero-order valence-electron chi connectivity index (χ0n) is 15.6. The predicted octanol–water partition coefficient (Wildman–Crippen LogP) is 4.35. The van der Waals surface area contributed by atoms with Crippen LogP contribution in [0.1, 0.15) is 73.8 Å². The molecule has 1 fully saturated rings. The number of hydrogen-bond acceptors (Lipinski definition) is 4. The molecule has 2 heterocycles. The monoisotopic (exact) mass is 354 g/mol. The summed E-state index contributed by atoms with van der Waals surface area (Å²) in [4.78, 5) is 12.4. The van der Waals surface area contributed by atoms with Crippen LogP contribution in [0.5, 0.6) is 5.75 Å². The van der Waals surface area contributed by atoms with Gasteiger partial charge >= 0.3 is 5.63 Å². The lowest BCUT2D eigenvalue weighted by Crippen LogP contribution is -2.44. The summed E-state index contributed by atoms with van der Waals surface area (Å²) in [5.41, 5.74) is 3.82. The Kier molecular flexibility index (Phi) is 3.52. The maximum Gasteiger partial charge on any atom is 0.339 e. The minimum absolute atomic E-state index is 0.203. The van der Waals surface area contributed by atoms with Crippen molar-refractivity contribution in [3.63, 3.8) is 0 Å². The van der Waals surface area contributed by atoms with Crippen LogP contribution in [0.3, 0.4) is 0 Å². The summed E-state index contributed by atoms with van der Waals surface area (Å²) in [6.07, 6.45) is 7.18. The molecule has 138 valence electrons. The van der Waals surface area contributed by atoms with E-state index in [1.807, 2.05) is 13.0 Å². The van der Waals surface area contributed by atoms with Gasteiger partial charge in [0, 0.05) is 28.5 Å². The maximum absolute atomic E-state index is 12.4. The van der Waals surface area contributed by atoms with Crippen LogP contribution in [-0.4, -0.2) is 10.7 Å². The van der Waals surface area contributed by atoms with Crippen LogP contribution in [0.25, 0.3) is 11.0 Å². The summed E-state index contributed by atoms with van der Waals surface area (Å²) in [5.74, 6) is 1.35. The molecule has 0 unspecified atom stereocenters. The van der Waals surface area contributed by atoms with Crippen molar-refractivity contribution in [3.8, 4) is 5.75 Å². The van der Waals surface area contributed by atoms with Crippen LogP contribution in [0, 0.1) is 12.8 Å². The van der Waals surface area contributed by atoms with E-state index in [0.29, 0.717) is 17.9 Å². The van der Waals surface area contributed by atoms with Crippen molar-refractivity contribution < 1.29 is 14.3 Å². The molecule has 0 amide bonds. The van der Waals surface area contributed by atoms with Crippen molar-refractivity contribution in [2.75, 3.05) is 0 Å². The normalized spacial score (nSPS) is 30.3. The zero-order valence-corrected chi connectivity index (χ0v) is 15.6. The fourth-order valence-electron chi connectivity index (χ4n) is 5.58. The summed E-state index contributed by atoms with van der Waals surface area (Å²) >= 11 is 0. The highest BCUT2D eigenvalue weighted by molar-refractivity contribution is 5.88. The first kappa shape index (κ1) is 16.4. The molecule has 1 aromatic carbocycles. The summed E-state index contributed by atoms with van der Waals surface area (Å²) < 4.78 is 12.3. The average Bonchev–Trinajstić information content (AvgIpc) is 3.08. The lowest BCUT2D eigenvalue weighted by Gasteiger charge is -2.45. The molecule has 2 aromatic rings. The number of aliphatic hydroxyl groups excluding tert-OH is 1. The van der Waals surface area contributed by atoms with E-state index >= 15 is 0 Å². The Hall–Kier alpha value is -1.81. The highest BCUT2D eigenvalue weighted by Crippen LogP contribution is 2.50. The van der Waals surface area contributed by atoms with Crippen molar-refractivity contribution >= 4 is 11.0 Å². The second kappa shape index (κ2) is 5.59. The van der Waals surface area contributed by atoms with E-state index in [1.165, 1.54) is 6.42 Å². The van der Waals surface area contributed by atoms with Crippen LogP contribution in [0.4, 0.5) is 0 Å². The van der Waals surface area contributed by atoms with Gasteiger partial charge in [-0.1, -0.05) is 13.3 Å². The lowest BCUT2D eigenvalue weighted by molar-refractivity contribution is -0.0499. The molecule has 1 saturated carbocycles. The third kappa shape index (κ3) is 2.27. The Morgan fingerprint density at radius 3 is 2.81 bits per heavy atom. The lowest BCUT2D eigenvalue weighted by atomic mass is 9.73. The second-order valence-electron chi connectivity index (χ2n) is 8.70. The maximum atomic E-state index is 12.4. The first-order chi connectivity index (χ1) is 12.5. The Balaban J connectivity index is 1.71. The number of aliphatic hydroxyl groups is 1. The molecule has 1 spiro atoms. The second-order valence-corrected chi connectivity index (χ2v) is 8.70. The third-order valence-corrected chi connectivity index (χ3v) is 6.76. The molecule has 2 aliphatic carbocycles. The van der Waals surface area contributed by atoms with Gasteiger partial charge in [-0.05, 0) is 63.0 Å². The fraction of sp³-hybridized carbons (Fsp3) is 0.591. The van der Waals surface area contributed by atoms with Gasteiger partial charge in [-0.15, -0.1) is 0 Å². The van der Waals surface area contributed by atoms with Gasteiger partial charge in [0.2, 0.25) is 0 Å². The van der Waals surface area contributed by atoms with E-state index < -0.39 is 6.10 Å². The molecule has 1 aliphatic heterocycles. The molecular formula is C22H26O4. The van der Waals surface area contributed by atoms with Crippen molar-refractivity contribution in [3.05, 3.63) is 38.7 Å². The molecule has 1 N–H and O–H groups in total. The quantitative estimate of drug-likeness (QED) is 0.714. The Morgan fingerprint density at radius 2 is 2.00 bits per heavy atom. The molecule has 0 bridgehead atoms. The molecule has 5 rings (SSSR count). The van der Waals surface area contributed by atoms with Gasteiger partial charge in [0.15, 0.2) is 0 Å². The highest BCUT2D eigenvalue weighted by atomic mass is 16.5. The van der Waals surface area contributed by atoms with E-state index in [0.717, 1.165) is 71.9 Å². The van der Waals surface area contributed by atoms with Crippen molar-refractivity contribution in [2.24, 2.45) is 5.92 Å². The summed E-state index contributed by atoms with van der Waals surface area (Å²) in [7, 11) is 0. The van der Waals surface area contributed by atoms with Gasteiger partial charge in [0.1, 0.15) is 16.9 Å². The van der Waals surface area contributed by atoms with Gasteiger partial charge in [-0.2, -0.15) is 0 Å². The highest BCUT2D eigenvalue weighted by Gasteiger charge is 2.44. The molecule has 0 radical (unpaired) electrons. The number of hydrogen-bond donors (Lipinski definition) is 1. The molecule has 3 aliphatic rings. The number of ether oxygens (including phenoxy) is 1. The number of fused-ring (bicyclic) bond motifs is 4. The number of aryl methyl sites for hydroxylation is 2. The Bertz CT molecular complexity index is 957. The van der Waals surface area contributed by atoms with E-state index in [9.17, 15) is 9.90 Å². The third-order valence-electron chi connectivity index (χ3n) is 6.76. The molecule has 1 aromatic heterocycles. The Labute approximate surface area is 153 Å². The SMILES string of the molecule is Cc1c2c(cc3c4c(c(=O)oc13)CCC4)[C@H](O)C[C@@]1(CCC[C@H](C)C1)O2. The fourth-order valence-corrected chi connectivity index (χ4v) is 5.58. The zero-order chi connectivity index (χ0) is 18.1. The predicted molar refractivity (Wildman–Crippen MR) is 99.8 cm³/mol. The van der Waals surface area contributed by atoms with E-state index in [4.69, 9.17) is 9.15 Å². The van der Waals surface area contributed by atoms with Crippen LogP contribution in [-0.2, 0) is 12.8 Å². The van der Waals surface area contributed by atoms with Crippen molar-refractivity contribution in [2.45, 2.75) is 76.9 Å². The number of rotatable bonds is 0. The molecule has 0 saturated heterocycles. The van der Waals surface area contributed by atoms with Crippen LogP contribution in [0.2, 0.25) is 0 Å². The van der Waals surface area contributed by atoms with Gasteiger partial charge < -0.3 is 14.3 Å². The average molecular weight is 354 g/mol. The van der Waals surface area contributed by atoms with Crippen LogP contribution in [0.15, 0.2) is 15.3 Å². The summed E-state index contributed by atoms with van der Waals surface area (Å²) in [5, 5.41) is 12.0. The molecule has 4 nitrogen and oxygen atoms in total. The number of benzene rings is 1. The largest absolute Gasteiger partial charge is 0.486 e. The Morgan fingerprint density at radius 1 is 1.19 bits per heavy atom. The molecule has 4 heteroatoms. The van der Waals surface area contributed by atoms with Gasteiger partial charge in [0.05, 0.1) is 6.10 Å². The van der Waals surface area contributed by atoms with Gasteiger partial charge in [-0.3, -0.25) is 0 Å². The van der Waals surface area contributed by atoms with E-state index in [-0.39, 0.29) is 11.2 Å². The van der Waals surface area contributed by atoms with Crippen molar-refractivity contribution in [1.29, 1.82) is 0 Å². The molecule has 3 atom stereocenters. The summed E-state index contributed by atoms with van der Waals surface area (Å²) in [6.45, 7) is 4.23.